The summed E-state index contributed by atoms with van der Waals surface area (Å²) in [7, 11) is 2.16. The quantitative estimate of drug-likeness (QED) is 0.876. The molecule has 3 rings (SSSR count). The Balaban J connectivity index is 1.72. The minimum Gasteiger partial charge on any atom is -0.368 e. The fourth-order valence-corrected chi connectivity index (χ4v) is 3.76. The third kappa shape index (κ3) is 4.25. The molecule has 1 saturated carbocycles. The first-order chi connectivity index (χ1) is 10.1. The molecule has 1 aromatic rings. The van der Waals surface area contributed by atoms with E-state index in [1.807, 2.05) is 11.3 Å². The molecular formula is C16H27N3OS. The summed E-state index contributed by atoms with van der Waals surface area (Å²) in [6.45, 7) is 8.31. The van der Waals surface area contributed by atoms with Gasteiger partial charge in [-0.15, -0.1) is 11.3 Å². The smallest absolute Gasteiger partial charge is 0.123 e. The highest BCUT2D eigenvalue weighted by atomic mass is 32.1. The zero-order valence-electron chi connectivity index (χ0n) is 13.4. The fraction of sp³-hybridized carbons (Fsp3) is 0.812. The Morgan fingerprint density at radius 1 is 1.43 bits per heavy atom. The number of hydrogen-bond acceptors (Lipinski definition) is 5. The Morgan fingerprint density at radius 3 is 2.90 bits per heavy atom. The van der Waals surface area contributed by atoms with Crippen molar-refractivity contribution in [2.75, 3.05) is 26.7 Å². The van der Waals surface area contributed by atoms with E-state index in [1.165, 1.54) is 28.4 Å². The van der Waals surface area contributed by atoms with Crippen LogP contribution in [0, 0.1) is 5.92 Å². The second kappa shape index (κ2) is 6.73. The third-order valence-corrected chi connectivity index (χ3v) is 5.26. The van der Waals surface area contributed by atoms with Crippen LogP contribution in [0.15, 0.2) is 0 Å². The van der Waals surface area contributed by atoms with Crippen molar-refractivity contribution in [2.24, 2.45) is 5.92 Å². The third-order valence-electron chi connectivity index (χ3n) is 4.07. The predicted molar refractivity (Wildman–Crippen MR) is 86.7 cm³/mol. The van der Waals surface area contributed by atoms with Crippen molar-refractivity contribution in [1.82, 2.24) is 15.2 Å². The van der Waals surface area contributed by atoms with Gasteiger partial charge >= 0.3 is 0 Å². The van der Waals surface area contributed by atoms with Crippen molar-refractivity contribution in [1.29, 1.82) is 0 Å². The lowest BCUT2D eigenvalue weighted by atomic mass is 10.1. The number of aromatic nitrogens is 1. The van der Waals surface area contributed by atoms with Crippen LogP contribution in [0.25, 0.3) is 0 Å². The van der Waals surface area contributed by atoms with Crippen LogP contribution in [0.1, 0.15) is 48.4 Å². The predicted octanol–water partition coefficient (Wildman–Crippen LogP) is 2.60. The van der Waals surface area contributed by atoms with Gasteiger partial charge in [0.05, 0.1) is 12.3 Å². The van der Waals surface area contributed by atoms with Crippen LogP contribution in [0.3, 0.4) is 0 Å². The molecule has 2 aliphatic rings. The van der Waals surface area contributed by atoms with Crippen LogP contribution in [0.5, 0.6) is 0 Å². The topological polar surface area (TPSA) is 37.4 Å². The van der Waals surface area contributed by atoms with E-state index in [1.54, 1.807) is 0 Å². The highest BCUT2D eigenvalue weighted by Gasteiger charge is 2.26. The van der Waals surface area contributed by atoms with Gasteiger partial charge < -0.3 is 15.0 Å². The van der Waals surface area contributed by atoms with Crippen molar-refractivity contribution >= 4 is 11.3 Å². The number of likely N-dealkylation sites (N-methyl/N-ethyl adjacent to an activating group) is 1. The van der Waals surface area contributed by atoms with Gasteiger partial charge in [0.25, 0.3) is 0 Å². The summed E-state index contributed by atoms with van der Waals surface area (Å²) in [5.74, 6) is 0.648. The second-order valence-corrected chi connectivity index (χ2v) is 7.91. The lowest BCUT2D eigenvalue weighted by Gasteiger charge is -2.28. The molecule has 1 aliphatic heterocycles. The Labute approximate surface area is 131 Å². The maximum atomic E-state index is 5.93. The summed E-state index contributed by atoms with van der Waals surface area (Å²) in [5, 5.41) is 4.80. The zero-order chi connectivity index (χ0) is 14.8. The van der Waals surface area contributed by atoms with Gasteiger partial charge in [0, 0.05) is 30.6 Å². The maximum absolute atomic E-state index is 5.93. The van der Waals surface area contributed by atoms with E-state index < -0.39 is 0 Å². The average Bonchev–Trinajstić information content (AvgIpc) is 3.18. The summed E-state index contributed by atoms with van der Waals surface area (Å²) in [6.07, 6.45) is 3.90. The number of rotatable bonds is 6. The van der Waals surface area contributed by atoms with Crippen molar-refractivity contribution in [3.8, 4) is 0 Å². The van der Waals surface area contributed by atoms with Crippen LogP contribution in [-0.4, -0.2) is 42.7 Å². The lowest BCUT2D eigenvalue weighted by Crippen LogP contribution is -2.35. The molecule has 2 fully saturated rings. The summed E-state index contributed by atoms with van der Waals surface area (Å²) >= 11 is 1.85. The highest BCUT2D eigenvalue weighted by molar-refractivity contribution is 7.11. The van der Waals surface area contributed by atoms with Gasteiger partial charge in [-0.25, -0.2) is 4.98 Å². The molecule has 4 nitrogen and oxygen atoms in total. The van der Waals surface area contributed by atoms with Gasteiger partial charge in [-0.3, -0.25) is 0 Å². The number of thiazole rings is 1. The molecule has 0 aromatic carbocycles. The first-order valence-corrected chi connectivity index (χ1v) is 8.95. The normalized spacial score (nSPS) is 23.9. The van der Waals surface area contributed by atoms with Gasteiger partial charge in [-0.2, -0.15) is 0 Å². The Morgan fingerprint density at radius 2 is 2.24 bits per heavy atom. The second-order valence-electron chi connectivity index (χ2n) is 6.80. The van der Waals surface area contributed by atoms with E-state index in [9.17, 15) is 0 Å². The van der Waals surface area contributed by atoms with E-state index in [0.29, 0.717) is 5.92 Å². The number of nitrogens with zero attached hydrogens (tertiary/aromatic N) is 2. The zero-order valence-corrected chi connectivity index (χ0v) is 14.2. The molecule has 0 radical (unpaired) electrons. The standard InChI is InChI=1S/C16H27N3OS/c1-11(2)8-13-15(9-17-12-4-5-12)21-16(18-13)14-10-19(3)6-7-20-14/h11-12,14,17H,4-10H2,1-3H3. The molecule has 1 aliphatic carbocycles. The first-order valence-electron chi connectivity index (χ1n) is 8.14. The number of ether oxygens (including phenoxy) is 1. The number of nitrogens with one attached hydrogen (secondary N) is 1. The molecule has 1 N–H and O–H groups in total. The van der Waals surface area contributed by atoms with E-state index in [2.05, 4.69) is 31.1 Å². The van der Waals surface area contributed by atoms with Crippen molar-refractivity contribution in [3.63, 3.8) is 0 Å². The molecule has 21 heavy (non-hydrogen) atoms. The van der Waals surface area contributed by atoms with Crippen LogP contribution in [0.2, 0.25) is 0 Å². The van der Waals surface area contributed by atoms with Crippen LogP contribution >= 0.6 is 11.3 Å². The molecule has 0 spiro atoms. The van der Waals surface area contributed by atoms with E-state index in [0.717, 1.165) is 38.7 Å². The van der Waals surface area contributed by atoms with Crippen LogP contribution < -0.4 is 5.32 Å². The molecule has 0 bridgehead atoms. The van der Waals surface area contributed by atoms with Gasteiger partial charge in [0.15, 0.2) is 0 Å². The van der Waals surface area contributed by atoms with Gasteiger partial charge in [-0.1, -0.05) is 13.8 Å². The molecule has 0 amide bonds. The van der Waals surface area contributed by atoms with E-state index >= 15 is 0 Å². The Hall–Kier alpha value is -0.490. The monoisotopic (exact) mass is 309 g/mol. The number of morpholine rings is 1. The van der Waals surface area contributed by atoms with Crippen molar-refractivity contribution in [2.45, 2.75) is 51.8 Å². The van der Waals surface area contributed by atoms with E-state index in [-0.39, 0.29) is 6.10 Å². The van der Waals surface area contributed by atoms with Gasteiger partial charge in [-0.05, 0) is 32.2 Å². The number of hydrogen-bond donors (Lipinski definition) is 1. The van der Waals surface area contributed by atoms with Crippen LogP contribution in [-0.2, 0) is 17.7 Å². The van der Waals surface area contributed by atoms with Gasteiger partial charge in [0.2, 0.25) is 0 Å². The maximum Gasteiger partial charge on any atom is 0.123 e. The molecule has 1 unspecified atom stereocenters. The molecule has 1 atom stereocenters. The van der Waals surface area contributed by atoms with Crippen LogP contribution in [0.4, 0.5) is 0 Å². The minimum atomic E-state index is 0.161. The van der Waals surface area contributed by atoms with Crippen molar-refractivity contribution in [3.05, 3.63) is 15.6 Å². The summed E-state index contributed by atoms with van der Waals surface area (Å²) in [5.41, 5.74) is 1.29. The SMILES string of the molecule is CC(C)Cc1nc(C2CN(C)CCO2)sc1CNC1CC1. The lowest BCUT2D eigenvalue weighted by molar-refractivity contribution is -0.0210. The largest absolute Gasteiger partial charge is 0.368 e. The summed E-state index contributed by atoms with van der Waals surface area (Å²) < 4.78 is 5.93. The average molecular weight is 309 g/mol. The molecule has 2 heterocycles. The van der Waals surface area contributed by atoms with Gasteiger partial charge in [0.1, 0.15) is 11.1 Å². The summed E-state index contributed by atoms with van der Waals surface area (Å²) in [6, 6.07) is 0.750. The van der Waals surface area contributed by atoms with E-state index in [4.69, 9.17) is 9.72 Å². The van der Waals surface area contributed by atoms with Crippen molar-refractivity contribution < 1.29 is 4.74 Å². The fourth-order valence-electron chi connectivity index (χ4n) is 2.68. The molecule has 1 saturated heterocycles. The molecular weight excluding hydrogens is 282 g/mol. The Bertz CT molecular complexity index is 470. The molecule has 118 valence electrons. The minimum absolute atomic E-state index is 0.161. The molecule has 5 heteroatoms. The Kier molecular flexibility index (Phi) is 4.94. The molecule has 1 aromatic heterocycles. The highest BCUT2D eigenvalue weighted by Crippen LogP contribution is 2.30. The first kappa shape index (κ1) is 15.4. The summed E-state index contributed by atoms with van der Waals surface area (Å²) in [4.78, 5) is 8.69.